The van der Waals surface area contributed by atoms with E-state index in [-0.39, 0.29) is 68.8 Å². The molecule has 0 aromatic rings. The Labute approximate surface area is 118 Å². The second-order valence-corrected chi connectivity index (χ2v) is 1.87. The third-order valence-corrected chi connectivity index (χ3v) is 1.07. The molecule has 0 aliphatic carbocycles. The average molecular weight is 261 g/mol. The number of aliphatic hydroxyl groups is 4. The van der Waals surface area contributed by atoms with Crippen LogP contribution in [0, 0.1) is 0 Å². The fourth-order valence-electron chi connectivity index (χ4n) is 0.416. The molecule has 0 spiro atoms. The molecule has 0 aliphatic rings. The molecule has 5 nitrogen and oxygen atoms in total. The fraction of sp³-hybridized carbons (Fsp3) is 0.800. The number of rotatable bonds is 4. The molecular formula is C5H10CaCl2O5. The van der Waals surface area contributed by atoms with Crippen LogP contribution < -0.4 is 24.8 Å². The van der Waals surface area contributed by atoms with Gasteiger partial charge in [-0.05, 0) is 0 Å². The maximum absolute atomic E-state index is 9.76. The predicted molar refractivity (Wildman–Crippen MR) is 36.9 cm³/mol. The monoisotopic (exact) mass is 260 g/mol. The molecule has 0 aliphatic heterocycles. The second-order valence-electron chi connectivity index (χ2n) is 1.87. The third kappa shape index (κ3) is 9.65. The van der Waals surface area contributed by atoms with Gasteiger partial charge in [-0.25, -0.2) is 0 Å². The van der Waals surface area contributed by atoms with E-state index in [9.17, 15) is 4.79 Å². The van der Waals surface area contributed by atoms with Crippen LogP contribution in [0.3, 0.4) is 0 Å². The SMILES string of the molecule is O=CC(O)C(O)C(O)CO.[Ca+2].[Cl-].[Cl-]. The topological polar surface area (TPSA) is 98.0 Å². The first-order chi connectivity index (χ1) is 4.63. The quantitative estimate of drug-likeness (QED) is 0.297. The van der Waals surface area contributed by atoms with E-state index in [1.807, 2.05) is 0 Å². The summed E-state index contributed by atoms with van der Waals surface area (Å²) in [4.78, 5) is 9.76. The number of carbonyl (C=O) groups excluding carboxylic acids is 1. The van der Waals surface area contributed by atoms with Crippen molar-refractivity contribution >= 4 is 44.0 Å². The molecule has 0 rings (SSSR count). The van der Waals surface area contributed by atoms with Crippen LogP contribution in [-0.2, 0) is 4.79 Å². The Hall–Kier alpha value is 1.35. The van der Waals surface area contributed by atoms with E-state index in [1.165, 1.54) is 0 Å². The van der Waals surface area contributed by atoms with E-state index >= 15 is 0 Å². The van der Waals surface area contributed by atoms with Gasteiger partial charge in [-0.15, -0.1) is 0 Å². The van der Waals surface area contributed by atoms with E-state index in [0.29, 0.717) is 0 Å². The molecule has 8 heteroatoms. The minimum Gasteiger partial charge on any atom is -1.00 e. The standard InChI is InChI=1S/C5H10O5.Ca.2ClH/c6-1-3(8)5(10)4(9)2-7;;;/h1,3-5,7-10H,2H2;;2*1H/q;+2;;/p-2. The number of halogens is 2. The Balaban J connectivity index is -0.000000135. The normalized spacial score (nSPS) is 15.1. The predicted octanol–water partition coefficient (Wildman–Crippen LogP) is -9.11. The average Bonchev–Trinajstić information content (AvgIpc) is 2.00. The van der Waals surface area contributed by atoms with Gasteiger partial charge in [-0.3, -0.25) is 0 Å². The van der Waals surface area contributed by atoms with Crippen molar-refractivity contribution in [2.45, 2.75) is 18.3 Å². The Morgan fingerprint density at radius 2 is 1.54 bits per heavy atom. The molecule has 0 amide bonds. The van der Waals surface area contributed by atoms with Crippen LogP contribution in [0.15, 0.2) is 0 Å². The van der Waals surface area contributed by atoms with Crippen LogP contribution in [0.5, 0.6) is 0 Å². The Kier molecular flexibility index (Phi) is 24.5. The molecule has 3 atom stereocenters. The van der Waals surface area contributed by atoms with E-state index in [1.54, 1.807) is 0 Å². The van der Waals surface area contributed by atoms with Crippen molar-refractivity contribution in [3.63, 3.8) is 0 Å². The summed E-state index contributed by atoms with van der Waals surface area (Å²) in [5, 5.41) is 34.1. The van der Waals surface area contributed by atoms with Gasteiger partial charge >= 0.3 is 37.7 Å². The zero-order valence-electron chi connectivity index (χ0n) is 6.68. The molecule has 0 heterocycles. The van der Waals surface area contributed by atoms with Crippen molar-refractivity contribution in [1.29, 1.82) is 0 Å². The van der Waals surface area contributed by atoms with Crippen molar-refractivity contribution in [1.82, 2.24) is 0 Å². The van der Waals surface area contributed by atoms with E-state index in [0.717, 1.165) is 0 Å². The maximum Gasteiger partial charge on any atom is 2.00 e. The van der Waals surface area contributed by atoms with Gasteiger partial charge in [0, 0.05) is 0 Å². The van der Waals surface area contributed by atoms with E-state index < -0.39 is 24.9 Å². The van der Waals surface area contributed by atoms with Crippen molar-refractivity contribution in [2.75, 3.05) is 6.61 Å². The Morgan fingerprint density at radius 1 is 1.15 bits per heavy atom. The fourth-order valence-corrected chi connectivity index (χ4v) is 0.416. The first kappa shape index (κ1) is 23.9. The Morgan fingerprint density at radius 3 is 1.77 bits per heavy atom. The molecule has 0 saturated carbocycles. The van der Waals surface area contributed by atoms with E-state index in [2.05, 4.69) is 0 Å². The van der Waals surface area contributed by atoms with Gasteiger partial charge in [0.05, 0.1) is 6.61 Å². The zero-order valence-corrected chi connectivity index (χ0v) is 10.4. The number of carbonyl (C=O) groups is 1. The summed E-state index contributed by atoms with van der Waals surface area (Å²) in [6, 6.07) is 0. The molecule has 0 bridgehead atoms. The molecule has 3 unspecified atom stereocenters. The summed E-state index contributed by atoms with van der Waals surface area (Å²) in [6.07, 6.45) is -4.63. The van der Waals surface area contributed by atoms with Crippen LogP contribution in [0.4, 0.5) is 0 Å². The molecule has 76 valence electrons. The van der Waals surface area contributed by atoms with Crippen molar-refractivity contribution < 1.29 is 50.0 Å². The van der Waals surface area contributed by atoms with Gasteiger partial charge in [0.2, 0.25) is 0 Å². The van der Waals surface area contributed by atoms with E-state index in [4.69, 9.17) is 20.4 Å². The third-order valence-electron chi connectivity index (χ3n) is 1.07. The van der Waals surface area contributed by atoms with Gasteiger partial charge in [0.25, 0.3) is 0 Å². The summed E-state index contributed by atoms with van der Waals surface area (Å²) in [7, 11) is 0. The largest absolute Gasteiger partial charge is 2.00 e. The van der Waals surface area contributed by atoms with Crippen LogP contribution in [0.2, 0.25) is 0 Å². The van der Waals surface area contributed by atoms with Crippen molar-refractivity contribution in [3.8, 4) is 0 Å². The molecule has 0 aromatic carbocycles. The molecule has 0 radical (unpaired) electrons. The second kappa shape index (κ2) is 13.3. The van der Waals surface area contributed by atoms with Crippen LogP contribution in [-0.4, -0.2) is 89.4 Å². The summed E-state index contributed by atoms with van der Waals surface area (Å²) in [6.45, 7) is -0.688. The number of aldehydes is 1. The number of hydrogen-bond acceptors (Lipinski definition) is 5. The summed E-state index contributed by atoms with van der Waals surface area (Å²) in [5.41, 5.74) is 0. The van der Waals surface area contributed by atoms with Crippen LogP contribution >= 0.6 is 0 Å². The zero-order chi connectivity index (χ0) is 8.15. The van der Waals surface area contributed by atoms with Gasteiger partial charge in [-0.1, -0.05) is 0 Å². The minimum atomic E-state index is -1.64. The minimum absolute atomic E-state index is 0. The smallest absolute Gasteiger partial charge is 1.00 e. The number of hydrogen-bond donors (Lipinski definition) is 4. The molecular weight excluding hydrogens is 251 g/mol. The van der Waals surface area contributed by atoms with Crippen LogP contribution in [0.25, 0.3) is 0 Å². The van der Waals surface area contributed by atoms with Gasteiger partial charge in [0.15, 0.2) is 6.29 Å². The first-order valence-electron chi connectivity index (χ1n) is 2.73. The summed E-state index contributed by atoms with van der Waals surface area (Å²) >= 11 is 0. The molecule has 4 N–H and O–H groups in total. The maximum atomic E-state index is 9.76. The van der Waals surface area contributed by atoms with Crippen molar-refractivity contribution in [2.24, 2.45) is 0 Å². The number of aliphatic hydroxyl groups excluding tert-OH is 4. The molecule has 0 saturated heterocycles. The molecule has 13 heavy (non-hydrogen) atoms. The molecule has 0 aromatic heterocycles. The van der Waals surface area contributed by atoms with Gasteiger partial charge in [0.1, 0.15) is 18.3 Å². The van der Waals surface area contributed by atoms with Gasteiger partial charge < -0.3 is 50.0 Å². The summed E-state index contributed by atoms with van der Waals surface area (Å²) in [5.74, 6) is 0. The first-order valence-corrected chi connectivity index (χ1v) is 2.73. The van der Waals surface area contributed by atoms with Crippen molar-refractivity contribution in [3.05, 3.63) is 0 Å². The van der Waals surface area contributed by atoms with Crippen LogP contribution in [0.1, 0.15) is 0 Å². The van der Waals surface area contributed by atoms with Gasteiger partial charge in [-0.2, -0.15) is 0 Å². The molecule has 0 fully saturated rings. The summed E-state index contributed by atoms with van der Waals surface area (Å²) < 4.78 is 0. The Bertz CT molecular complexity index is 117.